The highest BCUT2D eigenvalue weighted by Crippen LogP contribution is 2.28. The maximum atomic E-state index is 8.97. The minimum atomic E-state index is 0.354. The van der Waals surface area contributed by atoms with Gasteiger partial charge in [-0.3, -0.25) is 0 Å². The van der Waals surface area contributed by atoms with Gasteiger partial charge in [-0.05, 0) is 37.1 Å². The van der Waals surface area contributed by atoms with Gasteiger partial charge in [-0.25, -0.2) is 4.98 Å². The van der Waals surface area contributed by atoms with Crippen LogP contribution in [0.3, 0.4) is 0 Å². The van der Waals surface area contributed by atoms with Gasteiger partial charge in [-0.2, -0.15) is 5.26 Å². The molecule has 0 aliphatic carbocycles. The molecular formula is C14H12N2O. The Morgan fingerprint density at radius 2 is 1.82 bits per heavy atom. The largest absolute Gasteiger partial charge is 0.437 e. The Balaban J connectivity index is 2.42. The Kier molecular flexibility index (Phi) is 3.06. The van der Waals surface area contributed by atoms with E-state index in [1.165, 1.54) is 0 Å². The third-order valence-corrected chi connectivity index (χ3v) is 2.50. The Hall–Kier alpha value is -2.34. The summed E-state index contributed by atoms with van der Waals surface area (Å²) in [7, 11) is 0. The molecule has 1 heterocycles. The van der Waals surface area contributed by atoms with Crippen LogP contribution in [0.25, 0.3) is 0 Å². The van der Waals surface area contributed by atoms with E-state index in [1.807, 2.05) is 32.0 Å². The summed E-state index contributed by atoms with van der Waals surface area (Å²) >= 11 is 0. The molecule has 0 aliphatic heterocycles. The van der Waals surface area contributed by atoms with Crippen molar-refractivity contribution in [2.45, 2.75) is 13.8 Å². The van der Waals surface area contributed by atoms with Gasteiger partial charge in [-0.15, -0.1) is 0 Å². The average Bonchev–Trinajstić information content (AvgIpc) is 2.34. The van der Waals surface area contributed by atoms with Crippen molar-refractivity contribution in [1.82, 2.24) is 4.98 Å². The number of pyridine rings is 1. The zero-order valence-corrected chi connectivity index (χ0v) is 9.77. The lowest BCUT2D eigenvalue weighted by Crippen LogP contribution is -1.95. The number of para-hydroxylation sites is 1. The maximum Gasteiger partial charge on any atom is 0.237 e. The van der Waals surface area contributed by atoms with E-state index < -0.39 is 0 Å². The lowest BCUT2D eigenvalue weighted by Gasteiger charge is -2.11. The fourth-order valence-electron chi connectivity index (χ4n) is 1.61. The summed E-state index contributed by atoms with van der Waals surface area (Å²) in [5.74, 6) is 1.12. The first-order valence-electron chi connectivity index (χ1n) is 5.31. The highest BCUT2D eigenvalue weighted by atomic mass is 16.5. The van der Waals surface area contributed by atoms with E-state index in [1.54, 1.807) is 18.3 Å². The van der Waals surface area contributed by atoms with Crippen LogP contribution in [-0.2, 0) is 0 Å². The van der Waals surface area contributed by atoms with Crippen LogP contribution in [0, 0.1) is 25.2 Å². The molecule has 1 aromatic heterocycles. The molecule has 3 heteroatoms. The number of aryl methyl sites for hydroxylation is 2. The molecule has 2 aromatic rings. The van der Waals surface area contributed by atoms with Gasteiger partial charge in [0.05, 0.1) is 0 Å². The number of hydrogen-bond donors (Lipinski definition) is 0. The number of benzene rings is 1. The molecule has 0 unspecified atom stereocenters. The highest BCUT2D eigenvalue weighted by Gasteiger charge is 2.09. The van der Waals surface area contributed by atoms with Crippen LogP contribution in [0.15, 0.2) is 36.5 Å². The standard InChI is InChI=1S/C14H12N2O/c1-10-5-3-6-11(2)13(10)17-14-12(9-15)7-4-8-16-14/h3-8H,1-2H3. The lowest BCUT2D eigenvalue weighted by atomic mass is 10.1. The molecule has 0 saturated carbocycles. The monoisotopic (exact) mass is 224 g/mol. The van der Waals surface area contributed by atoms with Crippen LogP contribution in [-0.4, -0.2) is 4.98 Å². The Morgan fingerprint density at radius 1 is 1.12 bits per heavy atom. The smallest absolute Gasteiger partial charge is 0.237 e. The van der Waals surface area contributed by atoms with Crippen LogP contribution in [0.1, 0.15) is 16.7 Å². The van der Waals surface area contributed by atoms with Crippen molar-refractivity contribution in [3.8, 4) is 17.7 Å². The molecule has 1 aromatic carbocycles. The summed E-state index contributed by atoms with van der Waals surface area (Å²) in [6.07, 6.45) is 1.61. The third kappa shape index (κ3) is 2.26. The molecule has 0 bridgehead atoms. The number of ether oxygens (including phenoxy) is 1. The summed E-state index contributed by atoms with van der Waals surface area (Å²) < 4.78 is 5.73. The van der Waals surface area contributed by atoms with Gasteiger partial charge in [0.2, 0.25) is 5.88 Å². The topological polar surface area (TPSA) is 45.9 Å². The fourth-order valence-corrected chi connectivity index (χ4v) is 1.61. The first kappa shape index (κ1) is 11.2. The maximum absolute atomic E-state index is 8.97. The Bertz CT molecular complexity index is 565. The second kappa shape index (κ2) is 4.67. The van der Waals surface area contributed by atoms with Crippen molar-refractivity contribution < 1.29 is 4.74 Å². The van der Waals surface area contributed by atoms with Crippen LogP contribution >= 0.6 is 0 Å². The van der Waals surface area contributed by atoms with Crippen LogP contribution < -0.4 is 4.74 Å². The predicted octanol–water partition coefficient (Wildman–Crippen LogP) is 3.36. The molecule has 17 heavy (non-hydrogen) atoms. The van der Waals surface area contributed by atoms with Crippen LogP contribution in [0.2, 0.25) is 0 Å². The zero-order valence-electron chi connectivity index (χ0n) is 9.77. The minimum Gasteiger partial charge on any atom is -0.437 e. The van der Waals surface area contributed by atoms with E-state index in [0.717, 1.165) is 16.9 Å². The molecule has 0 N–H and O–H groups in total. The summed E-state index contributed by atoms with van der Waals surface area (Å²) in [4.78, 5) is 4.08. The van der Waals surface area contributed by atoms with Crippen molar-refractivity contribution >= 4 is 0 Å². The van der Waals surface area contributed by atoms with E-state index in [-0.39, 0.29) is 0 Å². The van der Waals surface area contributed by atoms with Gasteiger partial charge in [-0.1, -0.05) is 18.2 Å². The van der Waals surface area contributed by atoms with Crippen molar-refractivity contribution in [2.75, 3.05) is 0 Å². The number of aromatic nitrogens is 1. The van der Waals surface area contributed by atoms with Gasteiger partial charge in [0, 0.05) is 6.20 Å². The summed E-state index contributed by atoms with van der Waals surface area (Å²) in [5.41, 5.74) is 2.49. The van der Waals surface area contributed by atoms with Gasteiger partial charge < -0.3 is 4.74 Å². The van der Waals surface area contributed by atoms with Crippen LogP contribution in [0.5, 0.6) is 11.6 Å². The predicted molar refractivity (Wildman–Crippen MR) is 64.9 cm³/mol. The van der Waals surface area contributed by atoms with E-state index in [9.17, 15) is 0 Å². The van der Waals surface area contributed by atoms with Crippen molar-refractivity contribution in [3.63, 3.8) is 0 Å². The fraction of sp³-hybridized carbons (Fsp3) is 0.143. The molecule has 0 spiro atoms. The van der Waals surface area contributed by atoms with Gasteiger partial charge in [0.25, 0.3) is 0 Å². The molecule has 0 aliphatic rings. The number of hydrogen-bond acceptors (Lipinski definition) is 3. The summed E-state index contributed by atoms with van der Waals surface area (Å²) in [5, 5.41) is 8.97. The van der Waals surface area contributed by atoms with Crippen molar-refractivity contribution in [2.24, 2.45) is 0 Å². The van der Waals surface area contributed by atoms with E-state index in [2.05, 4.69) is 11.1 Å². The second-order valence-corrected chi connectivity index (χ2v) is 3.79. The number of nitrogens with zero attached hydrogens (tertiary/aromatic N) is 2. The molecule has 0 saturated heterocycles. The Labute approximate surface area is 100 Å². The van der Waals surface area contributed by atoms with Crippen molar-refractivity contribution in [1.29, 1.82) is 5.26 Å². The highest BCUT2D eigenvalue weighted by molar-refractivity contribution is 5.45. The summed E-state index contributed by atoms with van der Waals surface area (Å²) in [6, 6.07) is 11.4. The first-order valence-corrected chi connectivity index (χ1v) is 5.31. The molecule has 0 radical (unpaired) electrons. The molecule has 2 rings (SSSR count). The van der Waals surface area contributed by atoms with E-state index in [4.69, 9.17) is 10.00 Å². The summed E-state index contributed by atoms with van der Waals surface area (Å²) in [6.45, 7) is 3.94. The molecule has 0 fully saturated rings. The van der Waals surface area contributed by atoms with Gasteiger partial charge in [0.15, 0.2) is 0 Å². The van der Waals surface area contributed by atoms with E-state index >= 15 is 0 Å². The molecular weight excluding hydrogens is 212 g/mol. The molecule has 0 amide bonds. The normalized spacial score (nSPS) is 9.71. The van der Waals surface area contributed by atoms with Gasteiger partial charge in [0.1, 0.15) is 17.4 Å². The zero-order chi connectivity index (χ0) is 12.3. The SMILES string of the molecule is Cc1cccc(C)c1Oc1ncccc1C#N. The first-order chi connectivity index (χ1) is 8.22. The van der Waals surface area contributed by atoms with Crippen LogP contribution in [0.4, 0.5) is 0 Å². The third-order valence-electron chi connectivity index (χ3n) is 2.50. The van der Waals surface area contributed by atoms with E-state index in [0.29, 0.717) is 11.4 Å². The van der Waals surface area contributed by atoms with Gasteiger partial charge >= 0.3 is 0 Å². The minimum absolute atomic E-state index is 0.354. The molecule has 0 atom stereocenters. The average molecular weight is 224 g/mol. The van der Waals surface area contributed by atoms with Crippen molar-refractivity contribution in [3.05, 3.63) is 53.2 Å². The lowest BCUT2D eigenvalue weighted by molar-refractivity contribution is 0.454. The number of nitriles is 1. The molecule has 3 nitrogen and oxygen atoms in total. The number of rotatable bonds is 2. The second-order valence-electron chi connectivity index (χ2n) is 3.79. The Morgan fingerprint density at radius 3 is 2.47 bits per heavy atom. The quantitative estimate of drug-likeness (QED) is 0.785. The molecule has 84 valence electrons.